The van der Waals surface area contributed by atoms with Crippen LogP contribution in [0.1, 0.15) is 34.4 Å². The second kappa shape index (κ2) is 5.37. The average Bonchev–Trinajstić information content (AvgIpc) is 2.41. The van der Waals surface area contributed by atoms with Crippen LogP contribution >= 0.6 is 0 Å². The largest absolute Gasteiger partial charge is 0.244 e. The van der Waals surface area contributed by atoms with Crippen molar-refractivity contribution in [3.8, 4) is 0 Å². The number of benzene rings is 1. The number of hydrogen-bond donors (Lipinski definition) is 0. The van der Waals surface area contributed by atoms with Gasteiger partial charge in [0.2, 0.25) is 9.84 Å². The molecule has 0 saturated heterocycles. The van der Waals surface area contributed by atoms with Gasteiger partial charge in [0.05, 0.1) is 5.25 Å². The van der Waals surface area contributed by atoms with Gasteiger partial charge in [0.15, 0.2) is 5.03 Å². The van der Waals surface area contributed by atoms with E-state index in [1.165, 1.54) is 6.20 Å². The van der Waals surface area contributed by atoms with E-state index in [0.29, 0.717) is 5.56 Å². The van der Waals surface area contributed by atoms with Crippen molar-refractivity contribution in [2.75, 3.05) is 0 Å². The first-order valence-corrected chi connectivity index (χ1v) is 8.11. The van der Waals surface area contributed by atoms with Crippen LogP contribution in [-0.4, -0.2) is 13.4 Å². The second-order valence-corrected chi connectivity index (χ2v) is 7.36. The van der Waals surface area contributed by atoms with Gasteiger partial charge in [-0.2, -0.15) is 0 Å². The fourth-order valence-electron chi connectivity index (χ4n) is 2.30. The van der Waals surface area contributed by atoms with Gasteiger partial charge in [0.1, 0.15) is 0 Å². The molecule has 4 heteroatoms. The molecule has 3 nitrogen and oxygen atoms in total. The lowest BCUT2D eigenvalue weighted by Crippen LogP contribution is -2.14. The van der Waals surface area contributed by atoms with E-state index in [2.05, 4.69) is 4.98 Å². The minimum Gasteiger partial charge on any atom is -0.244 e. The van der Waals surface area contributed by atoms with E-state index in [9.17, 15) is 8.42 Å². The molecule has 0 amide bonds. The Morgan fingerprint density at radius 3 is 2.40 bits per heavy atom. The Labute approximate surface area is 120 Å². The number of sulfone groups is 1. The smallest absolute Gasteiger partial charge is 0.202 e. The fourth-order valence-corrected chi connectivity index (χ4v) is 3.95. The molecule has 20 heavy (non-hydrogen) atoms. The summed E-state index contributed by atoms with van der Waals surface area (Å²) in [6.07, 6.45) is 1.52. The Bertz CT molecular complexity index is 736. The highest BCUT2D eigenvalue weighted by Gasteiger charge is 2.28. The zero-order valence-electron chi connectivity index (χ0n) is 12.2. The standard InChI is InChI=1S/C16H19NO2S/c1-11-7-8-12(2)15(10-11)14(4)20(18,19)16-13(3)6-5-9-17-16/h5-10,14H,1-4H3. The molecule has 106 valence electrons. The first-order valence-electron chi connectivity index (χ1n) is 6.56. The number of aryl methyl sites for hydroxylation is 3. The highest BCUT2D eigenvalue weighted by Crippen LogP contribution is 2.31. The first-order chi connectivity index (χ1) is 9.34. The molecule has 1 aromatic heterocycles. The third-order valence-corrected chi connectivity index (χ3v) is 5.72. The van der Waals surface area contributed by atoms with E-state index >= 15 is 0 Å². The molecule has 1 unspecified atom stereocenters. The average molecular weight is 289 g/mol. The van der Waals surface area contributed by atoms with Gasteiger partial charge in [-0.1, -0.05) is 29.8 Å². The van der Waals surface area contributed by atoms with Gasteiger partial charge in [-0.15, -0.1) is 0 Å². The van der Waals surface area contributed by atoms with Crippen molar-refractivity contribution < 1.29 is 8.42 Å². The van der Waals surface area contributed by atoms with Crippen molar-refractivity contribution in [1.29, 1.82) is 0 Å². The molecular weight excluding hydrogens is 270 g/mol. The Hall–Kier alpha value is -1.68. The predicted octanol–water partition coefficient (Wildman–Crippen LogP) is 3.54. The van der Waals surface area contributed by atoms with E-state index in [-0.39, 0.29) is 5.03 Å². The van der Waals surface area contributed by atoms with Crippen molar-refractivity contribution in [3.63, 3.8) is 0 Å². The van der Waals surface area contributed by atoms with Crippen molar-refractivity contribution >= 4 is 9.84 Å². The molecule has 0 saturated carbocycles. The van der Waals surface area contributed by atoms with Crippen LogP contribution in [-0.2, 0) is 9.84 Å². The van der Waals surface area contributed by atoms with Crippen molar-refractivity contribution in [3.05, 3.63) is 58.8 Å². The molecule has 1 aromatic carbocycles. The quantitative estimate of drug-likeness (QED) is 0.868. The second-order valence-electron chi connectivity index (χ2n) is 5.17. The molecule has 0 spiro atoms. The molecule has 0 N–H and O–H groups in total. The summed E-state index contributed by atoms with van der Waals surface area (Å²) in [5, 5.41) is -0.426. The van der Waals surface area contributed by atoms with Crippen LogP contribution in [0.5, 0.6) is 0 Å². The van der Waals surface area contributed by atoms with E-state index in [1.54, 1.807) is 26.0 Å². The molecule has 2 aromatic rings. The summed E-state index contributed by atoms with van der Waals surface area (Å²) in [6, 6.07) is 9.41. The first kappa shape index (κ1) is 14.7. The van der Waals surface area contributed by atoms with Gasteiger partial charge < -0.3 is 0 Å². The van der Waals surface area contributed by atoms with Gasteiger partial charge in [-0.3, -0.25) is 0 Å². The van der Waals surface area contributed by atoms with E-state index in [4.69, 9.17) is 0 Å². The summed E-state index contributed by atoms with van der Waals surface area (Å²) in [5.74, 6) is 0. The topological polar surface area (TPSA) is 47.0 Å². The monoisotopic (exact) mass is 289 g/mol. The molecule has 1 atom stereocenters. The fraction of sp³-hybridized carbons (Fsp3) is 0.312. The minimum atomic E-state index is -3.47. The molecule has 1 heterocycles. The zero-order chi connectivity index (χ0) is 14.9. The van der Waals surface area contributed by atoms with E-state index < -0.39 is 15.1 Å². The van der Waals surface area contributed by atoms with Crippen LogP contribution in [0.2, 0.25) is 0 Å². The van der Waals surface area contributed by atoms with Crippen LogP contribution in [0.4, 0.5) is 0 Å². The van der Waals surface area contributed by atoms with E-state index in [1.807, 2.05) is 32.0 Å². The van der Waals surface area contributed by atoms with Crippen LogP contribution in [0, 0.1) is 20.8 Å². The predicted molar refractivity (Wildman–Crippen MR) is 80.5 cm³/mol. The van der Waals surface area contributed by atoms with Gasteiger partial charge in [0, 0.05) is 6.20 Å². The molecular formula is C16H19NO2S. The molecule has 0 aliphatic rings. The van der Waals surface area contributed by atoms with Crippen molar-refractivity contribution in [1.82, 2.24) is 4.98 Å². The lowest BCUT2D eigenvalue weighted by molar-refractivity contribution is 0.581. The lowest BCUT2D eigenvalue weighted by atomic mass is 10.0. The van der Waals surface area contributed by atoms with Crippen LogP contribution in [0.25, 0.3) is 0 Å². The molecule has 0 bridgehead atoms. The maximum atomic E-state index is 12.8. The summed E-state index contributed by atoms with van der Waals surface area (Å²) < 4.78 is 25.5. The third-order valence-electron chi connectivity index (χ3n) is 3.57. The summed E-state index contributed by atoms with van der Waals surface area (Å²) in [6.45, 7) is 7.40. The van der Waals surface area contributed by atoms with Crippen LogP contribution < -0.4 is 0 Å². The van der Waals surface area contributed by atoms with E-state index in [0.717, 1.165) is 16.7 Å². The Kier molecular flexibility index (Phi) is 3.95. The normalized spacial score (nSPS) is 13.2. The maximum absolute atomic E-state index is 12.8. The van der Waals surface area contributed by atoms with Gasteiger partial charge in [-0.05, 0) is 50.5 Å². The van der Waals surface area contributed by atoms with Crippen molar-refractivity contribution in [2.45, 2.75) is 38.0 Å². The summed E-state index contributed by atoms with van der Waals surface area (Å²) in [5.41, 5.74) is 3.57. The minimum absolute atomic E-state index is 0.174. The molecule has 0 aliphatic carbocycles. The third kappa shape index (κ3) is 2.61. The van der Waals surface area contributed by atoms with Crippen molar-refractivity contribution in [2.24, 2.45) is 0 Å². The maximum Gasteiger partial charge on any atom is 0.202 e. The van der Waals surface area contributed by atoms with Gasteiger partial charge >= 0.3 is 0 Å². The SMILES string of the molecule is Cc1ccc(C)c(C(C)S(=O)(=O)c2ncccc2C)c1. The highest BCUT2D eigenvalue weighted by molar-refractivity contribution is 7.91. The molecule has 0 radical (unpaired) electrons. The van der Waals surface area contributed by atoms with Gasteiger partial charge in [-0.25, -0.2) is 13.4 Å². The summed E-state index contributed by atoms with van der Waals surface area (Å²) in [4.78, 5) is 4.06. The van der Waals surface area contributed by atoms with Crippen LogP contribution in [0.15, 0.2) is 41.6 Å². The number of aromatic nitrogens is 1. The number of nitrogens with zero attached hydrogens (tertiary/aromatic N) is 1. The molecule has 0 aliphatic heterocycles. The molecule has 0 fully saturated rings. The Morgan fingerprint density at radius 2 is 1.75 bits per heavy atom. The number of hydrogen-bond acceptors (Lipinski definition) is 3. The Morgan fingerprint density at radius 1 is 1.05 bits per heavy atom. The summed E-state index contributed by atoms with van der Waals surface area (Å²) >= 11 is 0. The number of rotatable bonds is 3. The molecule has 2 rings (SSSR count). The highest BCUT2D eigenvalue weighted by atomic mass is 32.2. The number of pyridine rings is 1. The Balaban J connectivity index is 2.55. The van der Waals surface area contributed by atoms with Gasteiger partial charge in [0.25, 0.3) is 0 Å². The van der Waals surface area contributed by atoms with Crippen LogP contribution in [0.3, 0.4) is 0 Å². The zero-order valence-corrected chi connectivity index (χ0v) is 13.0. The summed E-state index contributed by atoms with van der Waals surface area (Å²) in [7, 11) is -3.47. The lowest BCUT2D eigenvalue weighted by Gasteiger charge is -2.17.